The monoisotopic (exact) mass is 282 g/mol. The first kappa shape index (κ1) is 14.3. The van der Waals surface area contributed by atoms with Gasteiger partial charge in [0.1, 0.15) is 0 Å². The van der Waals surface area contributed by atoms with Crippen LogP contribution in [0.5, 0.6) is 0 Å². The van der Waals surface area contributed by atoms with Crippen molar-refractivity contribution in [1.82, 2.24) is 0 Å². The SMILES string of the molecule is CC1(C)OC[C@H](c2ccccc2)[C@@H](Cc2ccccc2)O1. The van der Waals surface area contributed by atoms with Gasteiger partial charge in [-0.25, -0.2) is 0 Å². The van der Waals surface area contributed by atoms with Crippen molar-refractivity contribution in [2.45, 2.75) is 38.1 Å². The fourth-order valence-corrected chi connectivity index (χ4v) is 2.92. The van der Waals surface area contributed by atoms with Crippen molar-refractivity contribution in [1.29, 1.82) is 0 Å². The molecule has 0 saturated carbocycles. The predicted octanol–water partition coefficient (Wildman–Crippen LogP) is 4.16. The zero-order chi connectivity index (χ0) is 14.7. The fraction of sp³-hybridized carbons (Fsp3) is 0.368. The number of ether oxygens (including phenoxy) is 2. The van der Waals surface area contributed by atoms with E-state index in [1.54, 1.807) is 0 Å². The van der Waals surface area contributed by atoms with Crippen molar-refractivity contribution in [2.24, 2.45) is 0 Å². The van der Waals surface area contributed by atoms with Gasteiger partial charge in [-0.2, -0.15) is 0 Å². The van der Waals surface area contributed by atoms with Crippen molar-refractivity contribution >= 4 is 0 Å². The summed E-state index contributed by atoms with van der Waals surface area (Å²) in [7, 11) is 0. The van der Waals surface area contributed by atoms with Crippen LogP contribution in [-0.2, 0) is 15.9 Å². The fourth-order valence-electron chi connectivity index (χ4n) is 2.92. The molecule has 0 bridgehead atoms. The maximum atomic E-state index is 6.22. The van der Waals surface area contributed by atoms with Gasteiger partial charge in [-0.1, -0.05) is 60.7 Å². The van der Waals surface area contributed by atoms with E-state index in [0.29, 0.717) is 6.61 Å². The van der Waals surface area contributed by atoms with E-state index in [1.165, 1.54) is 11.1 Å². The zero-order valence-electron chi connectivity index (χ0n) is 12.7. The van der Waals surface area contributed by atoms with Crippen LogP contribution in [0.2, 0.25) is 0 Å². The molecule has 1 heterocycles. The van der Waals surface area contributed by atoms with Gasteiger partial charge in [-0.3, -0.25) is 0 Å². The lowest BCUT2D eigenvalue weighted by atomic mass is 9.89. The Labute approximate surface area is 126 Å². The number of benzene rings is 2. The molecule has 2 aromatic carbocycles. The Morgan fingerprint density at radius 1 is 0.952 bits per heavy atom. The van der Waals surface area contributed by atoms with E-state index in [0.717, 1.165) is 6.42 Å². The second kappa shape index (κ2) is 6.00. The molecule has 2 atom stereocenters. The van der Waals surface area contributed by atoms with Crippen molar-refractivity contribution in [3.8, 4) is 0 Å². The van der Waals surface area contributed by atoms with E-state index in [-0.39, 0.29) is 12.0 Å². The molecule has 1 saturated heterocycles. The first-order chi connectivity index (χ1) is 10.1. The van der Waals surface area contributed by atoms with Gasteiger partial charge < -0.3 is 9.47 Å². The van der Waals surface area contributed by atoms with E-state index >= 15 is 0 Å². The van der Waals surface area contributed by atoms with Crippen molar-refractivity contribution < 1.29 is 9.47 Å². The Hall–Kier alpha value is -1.64. The lowest BCUT2D eigenvalue weighted by Gasteiger charge is -2.41. The van der Waals surface area contributed by atoms with Crippen LogP contribution in [0, 0.1) is 0 Å². The second-order valence-corrected chi connectivity index (χ2v) is 6.07. The summed E-state index contributed by atoms with van der Waals surface area (Å²) in [5, 5.41) is 0. The lowest BCUT2D eigenvalue weighted by molar-refractivity contribution is -0.280. The number of hydrogen-bond donors (Lipinski definition) is 0. The molecule has 0 spiro atoms. The number of rotatable bonds is 3. The molecule has 0 aromatic heterocycles. The first-order valence-corrected chi connectivity index (χ1v) is 7.55. The predicted molar refractivity (Wildman–Crippen MR) is 84.2 cm³/mol. The molecule has 1 fully saturated rings. The smallest absolute Gasteiger partial charge is 0.163 e. The van der Waals surface area contributed by atoms with Crippen LogP contribution in [0.1, 0.15) is 30.9 Å². The van der Waals surface area contributed by atoms with Gasteiger partial charge in [0.05, 0.1) is 12.7 Å². The molecular weight excluding hydrogens is 260 g/mol. The third-order valence-electron chi connectivity index (χ3n) is 4.00. The Balaban J connectivity index is 1.84. The van der Waals surface area contributed by atoms with Crippen LogP contribution in [0.4, 0.5) is 0 Å². The van der Waals surface area contributed by atoms with Gasteiger partial charge in [0.25, 0.3) is 0 Å². The minimum absolute atomic E-state index is 0.138. The molecule has 21 heavy (non-hydrogen) atoms. The standard InChI is InChI=1S/C19H22O2/c1-19(2)20-14-17(16-11-7-4-8-12-16)18(21-19)13-15-9-5-3-6-10-15/h3-12,17-18H,13-14H2,1-2H3/t17-,18-/m1/s1. The van der Waals surface area contributed by atoms with Crippen LogP contribution in [0.3, 0.4) is 0 Å². The summed E-state index contributed by atoms with van der Waals surface area (Å²) in [4.78, 5) is 0. The van der Waals surface area contributed by atoms with E-state index in [2.05, 4.69) is 48.5 Å². The van der Waals surface area contributed by atoms with Crippen LogP contribution in [0.25, 0.3) is 0 Å². The molecule has 1 aliphatic rings. The molecule has 2 nitrogen and oxygen atoms in total. The highest BCUT2D eigenvalue weighted by Crippen LogP contribution is 2.34. The highest BCUT2D eigenvalue weighted by atomic mass is 16.7. The first-order valence-electron chi connectivity index (χ1n) is 7.55. The summed E-state index contributed by atoms with van der Waals surface area (Å²) in [5.74, 6) is -0.232. The quantitative estimate of drug-likeness (QED) is 0.841. The number of hydrogen-bond acceptors (Lipinski definition) is 2. The third kappa shape index (κ3) is 3.52. The molecule has 1 aliphatic heterocycles. The summed E-state index contributed by atoms with van der Waals surface area (Å²) < 4.78 is 12.1. The second-order valence-electron chi connectivity index (χ2n) is 6.07. The molecule has 3 rings (SSSR count). The Bertz CT molecular complexity index is 563. The van der Waals surface area contributed by atoms with Crippen LogP contribution in [0.15, 0.2) is 60.7 Å². The van der Waals surface area contributed by atoms with Gasteiger partial charge in [-0.05, 0) is 31.4 Å². The molecule has 0 radical (unpaired) electrons. The molecule has 0 unspecified atom stereocenters. The van der Waals surface area contributed by atoms with Crippen LogP contribution >= 0.6 is 0 Å². The van der Waals surface area contributed by atoms with Gasteiger partial charge in [-0.15, -0.1) is 0 Å². The summed E-state index contributed by atoms with van der Waals surface area (Å²) in [5.41, 5.74) is 2.59. The summed E-state index contributed by atoms with van der Waals surface area (Å²) in [6.07, 6.45) is 1.05. The van der Waals surface area contributed by atoms with E-state index in [4.69, 9.17) is 9.47 Å². The molecule has 0 amide bonds. The summed E-state index contributed by atoms with van der Waals surface area (Å²) in [6.45, 7) is 4.69. The summed E-state index contributed by atoms with van der Waals surface area (Å²) >= 11 is 0. The molecule has 2 heteroatoms. The van der Waals surface area contributed by atoms with Gasteiger partial charge >= 0.3 is 0 Å². The molecule has 110 valence electrons. The van der Waals surface area contributed by atoms with Gasteiger partial charge in [0, 0.05) is 5.92 Å². The molecule has 0 aliphatic carbocycles. The normalized spacial score (nSPS) is 24.7. The largest absolute Gasteiger partial charge is 0.350 e. The highest BCUT2D eigenvalue weighted by Gasteiger charge is 2.37. The average Bonchev–Trinajstić information content (AvgIpc) is 2.48. The van der Waals surface area contributed by atoms with Crippen molar-refractivity contribution in [3.05, 3.63) is 71.8 Å². The Morgan fingerprint density at radius 3 is 2.24 bits per heavy atom. The third-order valence-corrected chi connectivity index (χ3v) is 4.00. The van der Waals surface area contributed by atoms with E-state index in [9.17, 15) is 0 Å². The minimum atomic E-state index is -0.509. The highest BCUT2D eigenvalue weighted by molar-refractivity contribution is 5.24. The minimum Gasteiger partial charge on any atom is -0.350 e. The summed E-state index contributed by atoms with van der Waals surface area (Å²) in [6, 6.07) is 21.1. The molecule has 0 N–H and O–H groups in total. The van der Waals surface area contributed by atoms with E-state index in [1.807, 2.05) is 26.0 Å². The van der Waals surface area contributed by atoms with Gasteiger partial charge in [0.15, 0.2) is 5.79 Å². The van der Waals surface area contributed by atoms with Crippen LogP contribution in [-0.4, -0.2) is 18.5 Å². The average molecular weight is 282 g/mol. The Morgan fingerprint density at radius 2 is 1.57 bits per heavy atom. The van der Waals surface area contributed by atoms with Crippen molar-refractivity contribution in [2.75, 3.05) is 6.61 Å². The topological polar surface area (TPSA) is 18.5 Å². The Kier molecular flexibility index (Phi) is 4.09. The molecule has 2 aromatic rings. The van der Waals surface area contributed by atoms with Gasteiger partial charge in [0.2, 0.25) is 0 Å². The lowest BCUT2D eigenvalue weighted by Crippen LogP contribution is -2.45. The maximum absolute atomic E-state index is 6.22. The zero-order valence-corrected chi connectivity index (χ0v) is 12.7. The van der Waals surface area contributed by atoms with E-state index < -0.39 is 5.79 Å². The molecular formula is C19H22O2. The van der Waals surface area contributed by atoms with Crippen molar-refractivity contribution in [3.63, 3.8) is 0 Å². The van der Waals surface area contributed by atoms with Crippen LogP contribution < -0.4 is 0 Å². The maximum Gasteiger partial charge on any atom is 0.163 e.